The van der Waals surface area contributed by atoms with Gasteiger partial charge in [-0.3, -0.25) is 9.59 Å². The van der Waals surface area contributed by atoms with Gasteiger partial charge in [-0.25, -0.2) is 4.79 Å². The summed E-state index contributed by atoms with van der Waals surface area (Å²) in [6.07, 6.45) is 2.49. The molecular weight excluding hydrogens is 432 g/mol. The average Bonchev–Trinajstić information content (AvgIpc) is 3.38. The number of carboxylic acid groups (broad SMARTS) is 1. The quantitative estimate of drug-likeness (QED) is 0.513. The maximum Gasteiger partial charge on any atom is 0.407 e. The van der Waals surface area contributed by atoms with E-state index in [2.05, 4.69) is 34.9 Å². The molecule has 0 radical (unpaired) electrons. The van der Waals surface area contributed by atoms with Crippen LogP contribution in [0, 0.1) is 11.8 Å². The van der Waals surface area contributed by atoms with E-state index >= 15 is 0 Å². The monoisotopic (exact) mass is 464 g/mol. The van der Waals surface area contributed by atoms with Gasteiger partial charge in [0.1, 0.15) is 6.61 Å². The maximum absolute atomic E-state index is 12.4. The molecule has 7 heteroatoms. The minimum Gasteiger partial charge on any atom is -0.481 e. The summed E-state index contributed by atoms with van der Waals surface area (Å²) in [5, 5.41) is 14.6. The zero-order valence-corrected chi connectivity index (χ0v) is 19.5. The van der Waals surface area contributed by atoms with Crippen molar-refractivity contribution < 1.29 is 24.2 Å². The molecule has 0 aromatic heterocycles. The van der Waals surface area contributed by atoms with Gasteiger partial charge >= 0.3 is 12.1 Å². The molecule has 34 heavy (non-hydrogen) atoms. The van der Waals surface area contributed by atoms with Crippen LogP contribution in [0.3, 0.4) is 0 Å². The highest BCUT2D eigenvalue weighted by Gasteiger charge is 2.29. The summed E-state index contributed by atoms with van der Waals surface area (Å²) in [5.74, 6) is -0.378. The topological polar surface area (TPSA) is 105 Å². The lowest BCUT2D eigenvalue weighted by Crippen LogP contribution is -2.39. The lowest BCUT2D eigenvalue weighted by atomic mass is 9.98. The van der Waals surface area contributed by atoms with E-state index in [1.807, 2.05) is 24.3 Å². The van der Waals surface area contributed by atoms with Crippen molar-refractivity contribution >= 4 is 18.0 Å². The Morgan fingerprint density at radius 1 is 1.00 bits per heavy atom. The normalized spacial score (nSPS) is 19.7. The summed E-state index contributed by atoms with van der Waals surface area (Å²) in [6.45, 7) is 2.56. The number of carbonyl (C=O) groups excluding carboxylic acids is 2. The first-order chi connectivity index (χ1) is 16.4. The van der Waals surface area contributed by atoms with E-state index in [-0.39, 0.29) is 43.2 Å². The lowest BCUT2D eigenvalue weighted by molar-refractivity contribution is -0.138. The van der Waals surface area contributed by atoms with Crippen LogP contribution in [-0.4, -0.2) is 42.3 Å². The van der Waals surface area contributed by atoms with E-state index in [1.54, 1.807) is 6.92 Å². The number of benzene rings is 2. The van der Waals surface area contributed by atoms with Crippen molar-refractivity contribution in [3.05, 3.63) is 59.7 Å². The molecule has 7 nitrogen and oxygen atoms in total. The van der Waals surface area contributed by atoms with Gasteiger partial charge in [0.25, 0.3) is 0 Å². The number of aliphatic carboxylic acids is 1. The Morgan fingerprint density at radius 2 is 1.62 bits per heavy atom. The van der Waals surface area contributed by atoms with E-state index in [9.17, 15) is 14.4 Å². The van der Waals surface area contributed by atoms with Crippen LogP contribution in [0.4, 0.5) is 4.79 Å². The Balaban J connectivity index is 1.20. The van der Waals surface area contributed by atoms with E-state index < -0.39 is 12.1 Å². The van der Waals surface area contributed by atoms with Gasteiger partial charge in [0, 0.05) is 31.3 Å². The Morgan fingerprint density at radius 3 is 2.26 bits per heavy atom. The van der Waals surface area contributed by atoms with Crippen molar-refractivity contribution in [1.82, 2.24) is 10.6 Å². The number of amides is 2. The highest BCUT2D eigenvalue weighted by molar-refractivity contribution is 5.79. The third-order valence-electron chi connectivity index (χ3n) is 6.90. The van der Waals surface area contributed by atoms with Crippen molar-refractivity contribution in [2.24, 2.45) is 11.8 Å². The van der Waals surface area contributed by atoms with Gasteiger partial charge < -0.3 is 20.5 Å². The van der Waals surface area contributed by atoms with Gasteiger partial charge in [0.15, 0.2) is 0 Å². The molecule has 0 aliphatic heterocycles. The first-order valence-corrected chi connectivity index (χ1v) is 12.0. The number of rotatable bonds is 9. The molecular formula is C27H32N2O5. The number of alkyl carbamates (subject to hydrolysis) is 1. The summed E-state index contributed by atoms with van der Waals surface area (Å²) < 4.78 is 5.55. The lowest BCUT2D eigenvalue weighted by Gasteiger charge is -2.18. The second kappa shape index (κ2) is 10.7. The van der Waals surface area contributed by atoms with E-state index in [4.69, 9.17) is 9.84 Å². The third kappa shape index (κ3) is 5.76. The van der Waals surface area contributed by atoms with Crippen molar-refractivity contribution in [2.45, 2.75) is 51.0 Å². The van der Waals surface area contributed by atoms with Gasteiger partial charge in [-0.1, -0.05) is 48.5 Å². The predicted molar refractivity (Wildman–Crippen MR) is 128 cm³/mol. The number of fused-ring (bicyclic) bond motifs is 3. The minimum absolute atomic E-state index is 0.00637. The van der Waals surface area contributed by atoms with Crippen LogP contribution >= 0.6 is 0 Å². The molecule has 2 aromatic rings. The van der Waals surface area contributed by atoms with Crippen molar-refractivity contribution in [3.63, 3.8) is 0 Å². The zero-order valence-electron chi connectivity index (χ0n) is 19.5. The molecule has 2 aliphatic rings. The standard InChI is InChI=1S/C27H32N2O5/c1-17(12-25(30)28-15-19-11-10-18(13-19)14-26(31)32)29-27(33)34-16-24-22-8-4-2-6-20(22)21-7-3-5-9-23(21)24/h2-9,17-19,24H,10-16H2,1H3,(H,28,30)(H,29,33)(H,31,32)/t17-,18?,19?/m0/s1. The number of carboxylic acids is 1. The van der Waals surface area contributed by atoms with Gasteiger partial charge in [0.05, 0.1) is 0 Å². The fourth-order valence-corrected chi connectivity index (χ4v) is 5.30. The van der Waals surface area contributed by atoms with E-state index in [0.717, 1.165) is 30.4 Å². The molecule has 1 fully saturated rings. The summed E-state index contributed by atoms with van der Waals surface area (Å²) in [7, 11) is 0. The van der Waals surface area contributed by atoms with Crippen LogP contribution in [0.1, 0.15) is 56.1 Å². The Bertz CT molecular complexity index is 1010. The predicted octanol–water partition coefficient (Wildman–Crippen LogP) is 4.31. The van der Waals surface area contributed by atoms with Crippen molar-refractivity contribution in [2.75, 3.05) is 13.2 Å². The second-order valence-corrected chi connectivity index (χ2v) is 9.52. The van der Waals surface area contributed by atoms with Crippen LogP contribution in [-0.2, 0) is 14.3 Å². The van der Waals surface area contributed by atoms with Gasteiger partial charge in [-0.15, -0.1) is 0 Å². The Labute approximate surface area is 199 Å². The SMILES string of the molecule is C[C@@H](CC(=O)NCC1CCC(CC(=O)O)C1)NC(=O)OCC1c2ccccc2-c2ccccc21. The molecule has 0 bridgehead atoms. The van der Waals surface area contributed by atoms with Crippen LogP contribution < -0.4 is 10.6 Å². The zero-order chi connectivity index (χ0) is 24.1. The molecule has 0 spiro atoms. The van der Waals surface area contributed by atoms with Crippen LogP contribution in [0.5, 0.6) is 0 Å². The van der Waals surface area contributed by atoms with Crippen molar-refractivity contribution in [3.8, 4) is 11.1 Å². The van der Waals surface area contributed by atoms with Gasteiger partial charge in [0.2, 0.25) is 5.91 Å². The van der Waals surface area contributed by atoms with E-state index in [0.29, 0.717) is 12.5 Å². The maximum atomic E-state index is 12.4. The molecule has 3 atom stereocenters. The Hall–Kier alpha value is -3.35. The first-order valence-electron chi connectivity index (χ1n) is 12.0. The molecule has 2 amide bonds. The third-order valence-corrected chi connectivity index (χ3v) is 6.90. The molecule has 180 valence electrons. The number of hydrogen-bond donors (Lipinski definition) is 3. The summed E-state index contributed by atoms with van der Waals surface area (Å²) >= 11 is 0. The fraction of sp³-hybridized carbons (Fsp3) is 0.444. The molecule has 4 rings (SSSR count). The van der Waals surface area contributed by atoms with E-state index in [1.165, 1.54) is 11.1 Å². The molecule has 2 aliphatic carbocycles. The Kier molecular flexibility index (Phi) is 7.50. The summed E-state index contributed by atoms with van der Waals surface area (Å²) in [4.78, 5) is 35.5. The largest absolute Gasteiger partial charge is 0.481 e. The average molecular weight is 465 g/mol. The van der Waals surface area contributed by atoms with Crippen LogP contribution in [0.2, 0.25) is 0 Å². The van der Waals surface area contributed by atoms with Crippen LogP contribution in [0.25, 0.3) is 11.1 Å². The second-order valence-electron chi connectivity index (χ2n) is 9.52. The smallest absolute Gasteiger partial charge is 0.407 e. The molecule has 0 heterocycles. The molecule has 0 saturated heterocycles. The highest BCUT2D eigenvalue weighted by atomic mass is 16.5. The summed E-state index contributed by atoms with van der Waals surface area (Å²) in [5.41, 5.74) is 4.66. The first kappa shape index (κ1) is 23.8. The molecule has 2 unspecified atom stereocenters. The molecule has 3 N–H and O–H groups in total. The van der Waals surface area contributed by atoms with Crippen LogP contribution in [0.15, 0.2) is 48.5 Å². The van der Waals surface area contributed by atoms with Gasteiger partial charge in [-0.05, 0) is 60.3 Å². The van der Waals surface area contributed by atoms with Gasteiger partial charge in [-0.2, -0.15) is 0 Å². The van der Waals surface area contributed by atoms with Crippen molar-refractivity contribution in [1.29, 1.82) is 0 Å². The molecule has 2 aromatic carbocycles. The fourth-order valence-electron chi connectivity index (χ4n) is 5.30. The number of hydrogen-bond acceptors (Lipinski definition) is 4. The highest BCUT2D eigenvalue weighted by Crippen LogP contribution is 2.44. The minimum atomic E-state index is -0.761. The molecule has 1 saturated carbocycles. The number of carbonyl (C=O) groups is 3. The summed E-state index contributed by atoms with van der Waals surface area (Å²) in [6, 6.07) is 16.0. The number of ether oxygens (including phenoxy) is 1. The number of nitrogens with one attached hydrogen (secondary N) is 2.